The Morgan fingerprint density at radius 2 is 2.04 bits per heavy atom. The number of rotatable bonds is 6. The van der Waals surface area contributed by atoms with Crippen LogP contribution in [0.25, 0.3) is 0 Å². The van der Waals surface area contributed by atoms with Gasteiger partial charge in [-0.2, -0.15) is 0 Å². The molecular formula is C24H39N3O. The van der Waals surface area contributed by atoms with Gasteiger partial charge >= 0.3 is 0 Å². The molecule has 0 saturated heterocycles. The molecule has 4 heteroatoms. The van der Waals surface area contributed by atoms with Gasteiger partial charge in [-0.3, -0.25) is 0 Å². The van der Waals surface area contributed by atoms with E-state index in [1.807, 2.05) is 0 Å². The van der Waals surface area contributed by atoms with Crippen molar-refractivity contribution in [1.82, 2.24) is 4.90 Å². The Morgan fingerprint density at radius 3 is 2.79 bits per heavy atom. The van der Waals surface area contributed by atoms with Gasteiger partial charge in [0, 0.05) is 6.04 Å². The van der Waals surface area contributed by atoms with Crippen molar-refractivity contribution >= 4 is 0 Å². The summed E-state index contributed by atoms with van der Waals surface area (Å²) in [6.45, 7) is 3.72. The molecule has 4 nitrogen and oxygen atoms in total. The predicted molar refractivity (Wildman–Crippen MR) is 115 cm³/mol. The highest BCUT2D eigenvalue weighted by Crippen LogP contribution is 2.61. The molecule has 0 amide bonds. The molecule has 0 heterocycles. The highest BCUT2D eigenvalue weighted by atomic mass is 16.5. The summed E-state index contributed by atoms with van der Waals surface area (Å²) >= 11 is 0. The molecule has 0 bridgehead atoms. The largest absolute Gasteiger partial charge is 0.497 e. The molecule has 156 valence electrons. The van der Waals surface area contributed by atoms with Gasteiger partial charge in [-0.25, -0.2) is 0 Å². The van der Waals surface area contributed by atoms with Gasteiger partial charge < -0.3 is 21.1 Å². The number of hydrogen-bond acceptors (Lipinski definition) is 4. The van der Waals surface area contributed by atoms with Crippen LogP contribution in [0.5, 0.6) is 5.75 Å². The van der Waals surface area contributed by atoms with Crippen molar-refractivity contribution in [1.29, 1.82) is 0 Å². The number of aryl methyl sites for hydroxylation is 1. The number of fused-ring (bicyclic) bond motifs is 5. The summed E-state index contributed by atoms with van der Waals surface area (Å²) in [6.07, 6.45) is 9.87. The fraction of sp³-hybridized carbons (Fsp3) is 0.750. The Labute approximate surface area is 171 Å². The van der Waals surface area contributed by atoms with E-state index in [4.69, 9.17) is 16.2 Å². The van der Waals surface area contributed by atoms with E-state index in [-0.39, 0.29) is 6.17 Å². The molecule has 3 aliphatic rings. The molecule has 5 atom stereocenters. The van der Waals surface area contributed by atoms with Gasteiger partial charge in [0.05, 0.1) is 13.3 Å². The maximum atomic E-state index is 5.75. The lowest BCUT2D eigenvalue weighted by molar-refractivity contribution is 0.00713. The third kappa shape index (κ3) is 3.48. The quantitative estimate of drug-likeness (QED) is 0.730. The summed E-state index contributed by atoms with van der Waals surface area (Å²) < 4.78 is 5.47. The van der Waals surface area contributed by atoms with Gasteiger partial charge in [-0.05, 0) is 111 Å². The molecule has 0 aromatic heterocycles. The van der Waals surface area contributed by atoms with Crippen LogP contribution < -0.4 is 16.2 Å². The lowest BCUT2D eigenvalue weighted by atomic mass is 9.55. The molecular weight excluding hydrogens is 346 g/mol. The molecule has 0 radical (unpaired) electrons. The number of nitrogens with two attached hydrogens (primary N) is 2. The second kappa shape index (κ2) is 7.97. The summed E-state index contributed by atoms with van der Waals surface area (Å²) in [4.78, 5) is 2.63. The van der Waals surface area contributed by atoms with Crippen LogP contribution >= 0.6 is 0 Å². The Morgan fingerprint density at radius 1 is 1.21 bits per heavy atom. The fourth-order valence-corrected chi connectivity index (χ4v) is 7.11. The second-order valence-electron chi connectivity index (χ2n) is 9.90. The summed E-state index contributed by atoms with van der Waals surface area (Å²) in [5.74, 6) is 3.49. The molecule has 0 aliphatic heterocycles. The first-order chi connectivity index (χ1) is 13.4. The standard InChI is InChI=1S/C24H39N3O/c1-24-13-12-19-18-9-7-17(28-3)15-16(18)6-8-20(19)21(24)10-11-22(24)27(2)14-4-5-23(25)26/h7,9,15,19-23H,4-6,8,10-14,25-26H2,1-3H3/t19-,20-,21+,22+,24+/m1/s1. The van der Waals surface area contributed by atoms with Crippen molar-refractivity contribution < 1.29 is 4.74 Å². The van der Waals surface area contributed by atoms with E-state index in [9.17, 15) is 0 Å². The van der Waals surface area contributed by atoms with Crippen molar-refractivity contribution in [3.8, 4) is 5.75 Å². The minimum Gasteiger partial charge on any atom is -0.497 e. The van der Waals surface area contributed by atoms with E-state index in [1.54, 1.807) is 12.7 Å². The molecule has 1 aromatic carbocycles. The van der Waals surface area contributed by atoms with E-state index >= 15 is 0 Å². The number of nitrogens with zero attached hydrogens (tertiary/aromatic N) is 1. The van der Waals surface area contributed by atoms with Crippen molar-refractivity contribution in [2.24, 2.45) is 28.7 Å². The SMILES string of the molecule is COc1ccc2c(c1)CC[C@@H]1[C@@H]2CC[C@]2(C)[C@@H](N(C)CCCC(N)N)CC[C@@H]12. The predicted octanol–water partition coefficient (Wildman–Crippen LogP) is 3.88. The number of benzene rings is 1. The average molecular weight is 386 g/mol. The van der Waals surface area contributed by atoms with Crippen LogP contribution in [0, 0.1) is 17.3 Å². The molecule has 1 aromatic rings. The zero-order valence-corrected chi connectivity index (χ0v) is 18.0. The fourth-order valence-electron chi connectivity index (χ4n) is 7.11. The Balaban J connectivity index is 1.49. The van der Waals surface area contributed by atoms with E-state index in [0.29, 0.717) is 11.5 Å². The average Bonchev–Trinajstić information content (AvgIpc) is 3.04. The van der Waals surface area contributed by atoms with Crippen molar-refractivity contribution in [3.05, 3.63) is 29.3 Å². The Kier molecular flexibility index (Phi) is 5.74. The van der Waals surface area contributed by atoms with Crippen LogP contribution in [0.1, 0.15) is 68.9 Å². The zero-order chi connectivity index (χ0) is 19.9. The molecule has 0 unspecified atom stereocenters. The normalized spacial score (nSPS) is 34.2. The minimum atomic E-state index is -0.170. The van der Waals surface area contributed by atoms with Gasteiger partial charge in [-0.15, -0.1) is 0 Å². The van der Waals surface area contributed by atoms with Gasteiger partial charge in [-0.1, -0.05) is 13.0 Å². The first-order valence-corrected chi connectivity index (χ1v) is 11.3. The third-order valence-corrected chi connectivity index (χ3v) is 8.46. The maximum Gasteiger partial charge on any atom is 0.119 e. The molecule has 4 N–H and O–H groups in total. The number of hydrogen-bond donors (Lipinski definition) is 2. The van der Waals surface area contributed by atoms with E-state index in [1.165, 1.54) is 44.1 Å². The van der Waals surface area contributed by atoms with Gasteiger partial charge in [0.2, 0.25) is 0 Å². The lowest BCUT2D eigenvalue weighted by Crippen LogP contribution is -2.49. The van der Waals surface area contributed by atoms with Crippen molar-refractivity contribution in [2.45, 2.75) is 76.4 Å². The monoisotopic (exact) mass is 385 g/mol. The third-order valence-electron chi connectivity index (χ3n) is 8.46. The molecule has 4 rings (SSSR count). The van der Waals surface area contributed by atoms with Crippen LogP contribution in [0.3, 0.4) is 0 Å². The van der Waals surface area contributed by atoms with Crippen LogP contribution in [0.4, 0.5) is 0 Å². The number of ether oxygens (including phenoxy) is 1. The summed E-state index contributed by atoms with van der Waals surface area (Å²) in [7, 11) is 4.10. The van der Waals surface area contributed by atoms with Crippen LogP contribution in [-0.2, 0) is 6.42 Å². The van der Waals surface area contributed by atoms with Crippen LogP contribution in [-0.4, -0.2) is 37.8 Å². The molecule has 2 saturated carbocycles. The summed E-state index contributed by atoms with van der Waals surface area (Å²) in [6, 6.07) is 7.53. The zero-order valence-electron chi connectivity index (χ0n) is 18.0. The van der Waals surface area contributed by atoms with E-state index in [0.717, 1.165) is 42.9 Å². The minimum absolute atomic E-state index is 0.170. The molecule has 3 aliphatic carbocycles. The highest BCUT2D eigenvalue weighted by molar-refractivity contribution is 5.40. The topological polar surface area (TPSA) is 64.5 Å². The first-order valence-electron chi connectivity index (χ1n) is 11.3. The van der Waals surface area contributed by atoms with Crippen LogP contribution in [0.15, 0.2) is 18.2 Å². The maximum absolute atomic E-state index is 5.75. The van der Waals surface area contributed by atoms with Crippen molar-refractivity contribution in [2.75, 3.05) is 20.7 Å². The van der Waals surface area contributed by atoms with Gasteiger partial charge in [0.25, 0.3) is 0 Å². The molecule has 2 fully saturated rings. The van der Waals surface area contributed by atoms with E-state index in [2.05, 4.69) is 37.1 Å². The van der Waals surface area contributed by atoms with Gasteiger partial charge in [0.1, 0.15) is 5.75 Å². The van der Waals surface area contributed by atoms with Crippen LogP contribution in [0.2, 0.25) is 0 Å². The second-order valence-corrected chi connectivity index (χ2v) is 9.90. The Bertz CT molecular complexity index is 690. The highest BCUT2D eigenvalue weighted by Gasteiger charge is 2.55. The van der Waals surface area contributed by atoms with Crippen molar-refractivity contribution in [3.63, 3.8) is 0 Å². The van der Waals surface area contributed by atoms with Gasteiger partial charge in [0.15, 0.2) is 0 Å². The molecule has 28 heavy (non-hydrogen) atoms. The molecule has 0 spiro atoms. The number of methoxy groups -OCH3 is 1. The lowest BCUT2D eigenvalue weighted by Gasteiger charge is -2.52. The summed E-state index contributed by atoms with van der Waals surface area (Å²) in [5.41, 5.74) is 15.1. The summed E-state index contributed by atoms with van der Waals surface area (Å²) in [5, 5.41) is 0. The van der Waals surface area contributed by atoms with E-state index < -0.39 is 0 Å². The smallest absolute Gasteiger partial charge is 0.119 e. The first kappa shape index (κ1) is 20.2. The Hall–Kier alpha value is -1.10.